The maximum absolute atomic E-state index is 11.6. The second kappa shape index (κ2) is 6.89. The lowest BCUT2D eigenvalue weighted by molar-refractivity contribution is -0.121. The Morgan fingerprint density at radius 2 is 2.17 bits per heavy atom. The predicted molar refractivity (Wildman–Crippen MR) is 71.0 cm³/mol. The summed E-state index contributed by atoms with van der Waals surface area (Å²) >= 11 is 0. The molecule has 1 amide bonds. The molecule has 4 nitrogen and oxygen atoms in total. The summed E-state index contributed by atoms with van der Waals surface area (Å²) in [7, 11) is 0. The van der Waals surface area contributed by atoms with Crippen molar-refractivity contribution in [3.8, 4) is 11.5 Å². The molecule has 2 N–H and O–H groups in total. The standard InChI is InChI=1S/C14H21NO3/c1-4-15-14(17)8-10(3)12-7-6-11(16)9-13(12)18-5-2/h6-7,9-10,16H,4-5,8H2,1-3H3,(H,15,17). The third-order valence-corrected chi connectivity index (χ3v) is 2.69. The Balaban J connectivity index is 2.83. The molecule has 4 heteroatoms. The van der Waals surface area contributed by atoms with Crippen LogP contribution in [0.1, 0.15) is 38.7 Å². The van der Waals surface area contributed by atoms with Gasteiger partial charge < -0.3 is 15.2 Å². The number of hydrogen-bond donors (Lipinski definition) is 2. The van der Waals surface area contributed by atoms with E-state index in [1.807, 2.05) is 26.8 Å². The molecule has 1 aromatic carbocycles. The molecule has 18 heavy (non-hydrogen) atoms. The minimum absolute atomic E-state index is 0.0283. The van der Waals surface area contributed by atoms with Crippen LogP contribution in [-0.4, -0.2) is 24.2 Å². The number of phenols is 1. The van der Waals surface area contributed by atoms with E-state index in [4.69, 9.17) is 4.74 Å². The largest absolute Gasteiger partial charge is 0.508 e. The molecule has 0 saturated carbocycles. The van der Waals surface area contributed by atoms with Crippen LogP contribution in [-0.2, 0) is 4.79 Å². The third-order valence-electron chi connectivity index (χ3n) is 2.69. The Morgan fingerprint density at radius 3 is 2.78 bits per heavy atom. The summed E-state index contributed by atoms with van der Waals surface area (Å²) in [5.41, 5.74) is 0.945. The molecule has 0 aliphatic carbocycles. The summed E-state index contributed by atoms with van der Waals surface area (Å²) in [6.45, 7) is 6.94. The van der Waals surface area contributed by atoms with E-state index in [-0.39, 0.29) is 17.6 Å². The van der Waals surface area contributed by atoms with Gasteiger partial charge >= 0.3 is 0 Å². The van der Waals surface area contributed by atoms with Crippen LogP contribution in [0, 0.1) is 0 Å². The summed E-state index contributed by atoms with van der Waals surface area (Å²) < 4.78 is 5.49. The van der Waals surface area contributed by atoms with E-state index in [0.717, 1.165) is 5.56 Å². The molecule has 0 saturated heterocycles. The van der Waals surface area contributed by atoms with Crippen LogP contribution in [0.4, 0.5) is 0 Å². The fraction of sp³-hybridized carbons (Fsp3) is 0.500. The Kier molecular flexibility index (Phi) is 5.49. The molecule has 0 aliphatic rings. The number of hydrogen-bond acceptors (Lipinski definition) is 3. The number of phenolic OH excluding ortho intramolecular Hbond substituents is 1. The molecule has 1 aromatic rings. The minimum atomic E-state index is 0.0283. The van der Waals surface area contributed by atoms with Crippen molar-refractivity contribution in [1.82, 2.24) is 5.32 Å². The molecule has 0 fully saturated rings. The molecule has 0 heterocycles. The zero-order chi connectivity index (χ0) is 13.5. The van der Waals surface area contributed by atoms with Crippen LogP contribution in [0.3, 0.4) is 0 Å². The zero-order valence-electron chi connectivity index (χ0n) is 11.2. The van der Waals surface area contributed by atoms with Crippen molar-refractivity contribution in [3.63, 3.8) is 0 Å². The van der Waals surface area contributed by atoms with Crippen molar-refractivity contribution in [1.29, 1.82) is 0 Å². The summed E-state index contributed by atoms with van der Waals surface area (Å²) in [5.74, 6) is 0.904. The maximum Gasteiger partial charge on any atom is 0.220 e. The van der Waals surface area contributed by atoms with Crippen LogP contribution in [0.15, 0.2) is 18.2 Å². The number of aromatic hydroxyl groups is 1. The topological polar surface area (TPSA) is 58.6 Å². The normalized spacial score (nSPS) is 11.9. The highest BCUT2D eigenvalue weighted by Crippen LogP contribution is 2.31. The van der Waals surface area contributed by atoms with Gasteiger partial charge in [-0.2, -0.15) is 0 Å². The van der Waals surface area contributed by atoms with E-state index < -0.39 is 0 Å². The van der Waals surface area contributed by atoms with Gasteiger partial charge in [0.25, 0.3) is 0 Å². The van der Waals surface area contributed by atoms with E-state index >= 15 is 0 Å². The lowest BCUT2D eigenvalue weighted by Crippen LogP contribution is -2.24. The van der Waals surface area contributed by atoms with Gasteiger partial charge in [0.05, 0.1) is 6.61 Å². The van der Waals surface area contributed by atoms with Crippen molar-refractivity contribution < 1.29 is 14.6 Å². The maximum atomic E-state index is 11.6. The zero-order valence-corrected chi connectivity index (χ0v) is 11.2. The molecule has 0 radical (unpaired) electrons. The highest BCUT2D eigenvalue weighted by Gasteiger charge is 2.15. The van der Waals surface area contributed by atoms with Crippen LogP contribution in [0.2, 0.25) is 0 Å². The lowest BCUT2D eigenvalue weighted by Gasteiger charge is -2.16. The van der Waals surface area contributed by atoms with Gasteiger partial charge in [-0.1, -0.05) is 13.0 Å². The second-order valence-electron chi connectivity index (χ2n) is 4.21. The van der Waals surface area contributed by atoms with Crippen molar-refractivity contribution in [3.05, 3.63) is 23.8 Å². The molecule has 0 aliphatic heterocycles. The Bertz CT molecular complexity index is 404. The number of amides is 1. The molecule has 100 valence electrons. The van der Waals surface area contributed by atoms with Crippen molar-refractivity contribution >= 4 is 5.91 Å². The number of ether oxygens (including phenoxy) is 1. The molecule has 1 unspecified atom stereocenters. The van der Waals surface area contributed by atoms with Crippen LogP contribution in [0.5, 0.6) is 11.5 Å². The molecule has 1 atom stereocenters. The summed E-state index contributed by atoms with van der Waals surface area (Å²) in [6, 6.07) is 5.02. The highest BCUT2D eigenvalue weighted by atomic mass is 16.5. The Labute approximate surface area is 108 Å². The van der Waals surface area contributed by atoms with Crippen LogP contribution >= 0.6 is 0 Å². The summed E-state index contributed by atoms with van der Waals surface area (Å²) in [6.07, 6.45) is 0.415. The average Bonchev–Trinajstić information content (AvgIpc) is 2.29. The fourth-order valence-electron chi connectivity index (χ4n) is 1.87. The number of carbonyl (C=O) groups is 1. The third kappa shape index (κ3) is 3.95. The minimum Gasteiger partial charge on any atom is -0.508 e. The first-order valence-electron chi connectivity index (χ1n) is 6.30. The van der Waals surface area contributed by atoms with Crippen LogP contribution < -0.4 is 10.1 Å². The SMILES string of the molecule is CCNC(=O)CC(C)c1ccc(O)cc1OCC. The van der Waals surface area contributed by atoms with E-state index in [9.17, 15) is 9.90 Å². The lowest BCUT2D eigenvalue weighted by atomic mass is 9.96. The average molecular weight is 251 g/mol. The fourth-order valence-corrected chi connectivity index (χ4v) is 1.87. The van der Waals surface area contributed by atoms with Gasteiger partial charge in [-0.3, -0.25) is 4.79 Å². The Hall–Kier alpha value is -1.71. The first-order valence-corrected chi connectivity index (χ1v) is 6.30. The van der Waals surface area contributed by atoms with Gasteiger partial charge in [0, 0.05) is 19.0 Å². The second-order valence-corrected chi connectivity index (χ2v) is 4.21. The molecule has 0 bridgehead atoms. The number of carbonyl (C=O) groups excluding carboxylic acids is 1. The van der Waals surface area contributed by atoms with Gasteiger partial charge in [-0.25, -0.2) is 0 Å². The monoisotopic (exact) mass is 251 g/mol. The molecule has 1 rings (SSSR count). The van der Waals surface area contributed by atoms with Crippen molar-refractivity contribution in [2.75, 3.05) is 13.2 Å². The van der Waals surface area contributed by atoms with Gasteiger partial charge in [0.1, 0.15) is 11.5 Å². The number of rotatable bonds is 6. The summed E-state index contributed by atoms with van der Waals surface area (Å²) in [5, 5.41) is 12.2. The predicted octanol–water partition coefficient (Wildman–Crippen LogP) is 2.42. The molecular formula is C14H21NO3. The number of benzene rings is 1. The molecule has 0 aromatic heterocycles. The van der Waals surface area contributed by atoms with Crippen molar-refractivity contribution in [2.24, 2.45) is 0 Å². The van der Waals surface area contributed by atoms with Gasteiger partial charge in [-0.05, 0) is 31.4 Å². The Morgan fingerprint density at radius 1 is 1.44 bits per heavy atom. The van der Waals surface area contributed by atoms with E-state index in [1.165, 1.54) is 0 Å². The molecule has 0 spiro atoms. The first kappa shape index (κ1) is 14.4. The quantitative estimate of drug-likeness (QED) is 0.816. The van der Waals surface area contributed by atoms with Crippen LogP contribution in [0.25, 0.3) is 0 Å². The smallest absolute Gasteiger partial charge is 0.220 e. The van der Waals surface area contributed by atoms with Gasteiger partial charge in [-0.15, -0.1) is 0 Å². The number of nitrogens with one attached hydrogen (secondary N) is 1. The molecular weight excluding hydrogens is 230 g/mol. The van der Waals surface area contributed by atoms with Gasteiger partial charge in [0.15, 0.2) is 0 Å². The van der Waals surface area contributed by atoms with E-state index in [0.29, 0.717) is 25.3 Å². The first-order chi connectivity index (χ1) is 8.58. The highest BCUT2D eigenvalue weighted by molar-refractivity contribution is 5.76. The summed E-state index contributed by atoms with van der Waals surface area (Å²) in [4.78, 5) is 11.6. The van der Waals surface area contributed by atoms with Gasteiger partial charge in [0.2, 0.25) is 5.91 Å². The van der Waals surface area contributed by atoms with Crippen molar-refractivity contribution in [2.45, 2.75) is 33.1 Å². The van der Waals surface area contributed by atoms with E-state index in [1.54, 1.807) is 12.1 Å². The van der Waals surface area contributed by atoms with E-state index in [2.05, 4.69) is 5.32 Å².